The third-order valence-electron chi connectivity index (χ3n) is 4.32. The van der Waals surface area contributed by atoms with Crippen molar-refractivity contribution in [2.75, 3.05) is 0 Å². The van der Waals surface area contributed by atoms with Crippen molar-refractivity contribution in [2.24, 2.45) is 17.8 Å². The fourth-order valence-electron chi connectivity index (χ4n) is 3.65. The van der Waals surface area contributed by atoms with Crippen LogP contribution in [0, 0.1) is 17.8 Å². The Morgan fingerprint density at radius 2 is 2.13 bits per heavy atom. The average Bonchev–Trinajstić information content (AvgIpc) is 2.26. The Bertz CT molecular complexity index is 318. The van der Waals surface area contributed by atoms with Gasteiger partial charge in [0.2, 0.25) is 0 Å². The smallest absolute Gasteiger partial charge is 0.0985 e. The summed E-state index contributed by atoms with van der Waals surface area (Å²) < 4.78 is 0. The molecule has 2 N–H and O–H groups in total. The SMILES string of the molecule is OC1C=C2CCC[C@@H]3C=CC[C@H](C1O)[C@H]23. The minimum atomic E-state index is -0.633. The minimum Gasteiger partial charge on any atom is -0.390 e. The van der Waals surface area contributed by atoms with Crippen LogP contribution in [0.2, 0.25) is 0 Å². The van der Waals surface area contributed by atoms with Gasteiger partial charge < -0.3 is 10.2 Å². The summed E-state index contributed by atoms with van der Waals surface area (Å²) in [5.74, 6) is 1.39. The Morgan fingerprint density at radius 3 is 3.00 bits per heavy atom. The molecule has 0 radical (unpaired) electrons. The van der Waals surface area contributed by atoms with E-state index in [2.05, 4.69) is 12.2 Å². The van der Waals surface area contributed by atoms with E-state index in [9.17, 15) is 10.2 Å². The van der Waals surface area contributed by atoms with E-state index >= 15 is 0 Å². The van der Waals surface area contributed by atoms with Crippen molar-refractivity contribution in [1.29, 1.82) is 0 Å². The summed E-state index contributed by atoms with van der Waals surface area (Å²) in [4.78, 5) is 0. The average molecular weight is 206 g/mol. The van der Waals surface area contributed by atoms with Gasteiger partial charge in [0.15, 0.2) is 0 Å². The Kier molecular flexibility index (Phi) is 2.22. The number of rotatable bonds is 0. The highest BCUT2D eigenvalue weighted by molar-refractivity contribution is 5.25. The van der Waals surface area contributed by atoms with Crippen LogP contribution >= 0.6 is 0 Å². The van der Waals surface area contributed by atoms with E-state index < -0.39 is 12.2 Å². The lowest BCUT2D eigenvalue weighted by molar-refractivity contribution is -0.0294. The highest BCUT2D eigenvalue weighted by atomic mass is 16.3. The largest absolute Gasteiger partial charge is 0.390 e. The van der Waals surface area contributed by atoms with Gasteiger partial charge in [0.25, 0.3) is 0 Å². The Balaban J connectivity index is 2.00. The van der Waals surface area contributed by atoms with Gasteiger partial charge in [0.05, 0.1) is 12.2 Å². The molecule has 0 spiro atoms. The first-order chi connectivity index (χ1) is 7.27. The van der Waals surface area contributed by atoms with Crippen molar-refractivity contribution < 1.29 is 10.2 Å². The second-order valence-corrected chi connectivity index (χ2v) is 5.13. The summed E-state index contributed by atoms with van der Waals surface area (Å²) >= 11 is 0. The van der Waals surface area contributed by atoms with Crippen LogP contribution in [0.25, 0.3) is 0 Å². The molecule has 1 saturated carbocycles. The van der Waals surface area contributed by atoms with Gasteiger partial charge in [-0.2, -0.15) is 0 Å². The van der Waals surface area contributed by atoms with Crippen LogP contribution in [0.1, 0.15) is 25.7 Å². The van der Waals surface area contributed by atoms with Gasteiger partial charge in [-0.3, -0.25) is 0 Å². The maximum atomic E-state index is 10.00. The fourth-order valence-corrected chi connectivity index (χ4v) is 3.65. The zero-order chi connectivity index (χ0) is 10.4. The molecular weight excluding hydrogens is 188 g/mol. The second kappa shape index (κ2) is 3.46. The van der Waals surface area contributed by atoms with Crippen molar-refractivity contribution in [3.8, 4) is 0 Å². The Labute approximate surface area is 90.3 Å². The van der Waals surface area contributed by atoms with E-state index in [0.717, 1.165) is 12.8 Å². The molecule has 0 heterocycles. The van der Waals surface area contributed by atoms with Crippen molar-refractivity contribution >= 4 is 0 Å². The maximum Gasteiger partial charge on any atom is 0.0985 e. The quantitative estimate of drug-likeness (QED) is 0.591. The van der Waals surface area contributed by atoms with Crippen LogP contribution in [0.5, 0.6) is 0 Å². The molecule has 0 saturated heterocycles. The lowest BCUT2D eigenvalue weighted by Crippen LogP contribution is -2.45. The molecule has 2 nitrogen and oxygen atoms in total. The van der Waals surface area contributed by atoms with E-state index in [0.29, 0.717) is 11.8 Å². The molecule has 0 aromatic carbocycles. The number of hydrogen-bond donors (Lipinski definition) is 2. The van der Waals surface area contributed by atoms with Gasteiger partial charge in [0, 0.05) is 0 Å². The Morgan fingerprint density at radius 1 is 1.27 bits per heavy atom. The van der Waals surface area contributed by atoms with E-state index in [1.807, 2.05) is 6.08 Å². The van der Waals surface area contributed by atoms with E-state index in [-0.39, 0.29) is 5.92 Å². The first kappa shape index (κ1) is 9.61. The summed E-state index contributed by atoms with van der Waals surface area (Å²) in [5, 5.41) is 19.8. The number of aliphatic hydroxyl groups is 2. The molecule has 1 fully saturated rings. The Hall–Kier alpha value is -0.600. The van der Waals surface area contributed by atoms with Crippen molar-refractivity contribution in [2.45, 2.75) is 37.9 Å². The monoisotopic (exact) mass is 206 g/mol. The third kappa shape index (κ3) is 1.39. The molecule has 0 aromatic rings. The normalized spacial score (nSPS) is 48.4. The molecule has 3 rings (SSSR count). The van der Waals surface area contributed by atoms with Gasteiger partial charge in [-0.05, 0) is 43.4 Å². The van der Waals surface area contributed by atoms with Crippen molar-refractivity contribution in [3.05, 3.63) is 23.8 Å². The predicted octanol–water partition coefficient (Wildman–Crippen LogP) is 1.64. The molecule has 3 aliphatic carbocycles. The van der Waals surface area contributed by atoms with Crippen LogP contribution < -0.4 is 0 Å². The zero-order valence-corrected chi connectivity index (χ0v) is 8.84. The number of allylic oxidation sites excluding steroid dienone is 3. The summed E-state index contributed by atoms with van der Waals surface area (Å²) in [5.41, 5.74) is 1.40. The molecular formula is C13H18O2. The van der Waals surface area contributed by atoms with E-state index in [1.54, 1.807) is 0 Å². The van der Waals surface area contributed by atoms with Crippen LogP contribution in [-0.4, -0.2) is 22.4 Å². The standard InChI is InChI=1S/C13H18O2/c14-11-7-9-5-1-3-8-4-2-6-10(12(8)9)13(11)15/h2,4,7-8,10-15H,1,3,5-6H2/t8-,10+,11?,12+,13?/m1/s1. The fraction of sp³-hybridized carbons (Fsp3) is 0.692. The predicted molar refractivity (Wildman–Crippen MR) is 58.2 cm³/mol. The highest BCUT2D eigenvalue weighted by Crippen LogP contribution is 2.47. The second-order valence-electron chi connectivity index (χ2n) is 5.13. The summed E-state index contributed by atoms with van der Waals surface area (Å²) in [6.07, 6.45) is 9.76. The van der Waals surface area contributed by atoms with E-state index in [4.69, 9.17) is 0 Å². The molecule has 2 heteroatoms. The van der Waals surface area contributed by atoms with Crippen LogP contribution in [0.15, 0.2) is 23.8 Å². The highest BCUT2D eigenvalue weighted by Gasteiger charge is 2.43. The number of hydrogen-bond acceptors (Lipinski definition) is 2. The lowest BCUT2D eigenvalue weighted by Gasteiger charge is -2.46. The molecule has 3 aliphatic rings. The number of aliphatic hydroxyl groups excluding tert-OH is 2. The van der Waals surface area contributed by atoms with Crippen LogP contribution in [-0.2, 0) is 0 Å². The maximum absolute atomic E-state index is 10.00. The first-order valence-electron chi connectivity index (χ1n) is 6.01. The van der Waals surface area contributed by atoms with Crippen LogP contribution in [0.4, 0.5) is 0 Å². The van der Waals surface area contributed by atoms with E-state index in [1.165, 1.54) is 18.4 Å². The minimum absolute atomic E-state index is 0.260. The molecule has 5 atom stereocenters. The molecule has 0 amide bonds. The molecule has 0 aromatic heterocycles. The topological polar surface area (TPSA) is 40.5 Å². The molecule has 2 unspecified atom stereocenters. The lowest BCUT2D eigenvalue weighted by atomic mass is 9.61. The van der Waals surface area contributed by atoms with Gasteiger partial charge in [-0.15, -0.1) is 0 Å². The zero-order valence-electron chi connectivity index (χ0n) is 8.84. The van der Waals surface area contributed by atoms with Gasteiger partial charge >= 0.3 is 0 Å². The summed E-state index contributed by atoms with van der Waals surface area (Å²) in [6.45, 7) is 0. The van der Waals surface area contributed by atoms with Gasteiger partial charge in [0.1, 0.15) is 0 Å². The first-order valence-corrected chi connectivity index (χ1v) is 6.01. The van der Waals surface area contributed by atoms with Crippen LogP contribution in [0.3, 0.4) is 0 Å². The van der Waals surface area contributed by atoms with Crippen molar-refractivity contribution in [3.63, 3.8) is 0 Å². The summed E-state index contributed by atoms with van der Waals surface area (Å²) in [6, 6.07) is 0. The summed E-state index contributed by atoms with van der Waals surface area (Å²) in [7, 11) is 0. The van der Waals surface area contributed by atoms with Gasteiger partial charge in [-0.25, -0.2) is 0 Å². The van der Waals surface area contributed by atoms with Crippen molar-refractivity contribution in [1.82, 2.24) is 0 Å². The molecule has 82 valence electrons. The van der Waals surface area contributed by atoms with Gasteiger partial charge in [-0.1, -0.05) is 23.8 Å². The molecule has 15 heavy (non-hydrogen) atoms. The third-order valence-corrected chi connectivity index (χ3v) is 4.32. The molecule has 0 bridgehead atoms. The molecule has 0 aliphatic heterocycles.